The van der Waals surface area contributed by atoms with Crippen LogP contribution in [0.4, 0.5) is 5.69 Å². The highest BCUT2D eigenvalue weighted by Crippen LogP contribution is 2.25. The smallest absolute Gasteiger partial charge is 0.276 e. The summed E-state index contributed by atoms with van der Waals surface area (Å²) in [5, 5.41) is 7.25. The van der Waals surface area contributed by atoms with Crippen molar-refractivity contribution in [3.8, 4) is 5.88 Å². The number of para-hydroxylation sites is 1. The molecule has 0 saturated carbocycles. The van der Waals surface area contributed by atoms with Gasteiger partial charge in [0.2, 0.25) is 5.88 Å². The third-order valence-electron chi connectivity index (χ3n) is 3.57. The van der Waals surface area contributed by atoms with Gasteiger partial charge in [-0.15, -0.1) is 0 Å². The van der Waals surface area contributed by atoms with Gasteiger partial charge < -0.3 is 10.1 Å². The van der Waals surface area contributed by atoms with Gasteiger partial charge in [-0.2, -0.15) is 5.10 Å². The van der Waals surface area contributed by atoms with E-state index in [-0.39, 0.29) is 5.91 Å². The molecule has 5 heteroatoms. The van der Waals surface area contributed by atoms with E-state index >= 15 is 0 Å². The van der Waals surface area contributed by atoms with Crippen LogP contribution in [0, 0.1) is 0 Å². The third-order valence-corrected chi connectivity index (χ3v) is 3.57. The molecule has 1 amide bonds. The maximum atomic E-state index is 12.4. The van der Waals surface area contributed by atoms with Gasteiger partial charge in [-0.3, -0.25) is 4.79 Å². The van der Waals surface area contributed by atoms with E-state index in [2.05, 4.69) is 24.3 Å². The first-order valence-corrected chi connectivity index (χ1v) is 7.26. The van der Waals surface area contributed by atoms with Crippen LogP contribution in [0.15, 0.2) is 30.3 Å². The van der Waals surface area contributed by atoms with Crippen molar-refractivity contribution < 1.29 is 9.53 Å². The van der Waals surface area contributed by atoms with Gasteiger partial charge in [-0.25, -0.2) is 4.68 Å². The number of amides is 1. The molecule has 2 aromatic rings. The largest absolute Gasteiger partial charge is 0.478 e. The molecule has 0 saturated heterocycles. The summed E-state index contributed by atoms with van der Waals surface area (Å²) in [5.74, 6) is 0.817. The SMILES string of the molecule is CC(C)c1ccccc1NC(=O)c1cc2n(n1)CCCO2. The summed E-state index contributed by atoms with van der Waals surface area (Å²) in [5.41, 5.74) is 2.35. The molecule has 1 aliphatic rings. The molecule has 3 rings (SSSR count). The first kappa shape index (κ1) is 13.7. The zero-order valence-corrected chi connectivity index (χ0v) is 12.3. The fourth-order valence-corrected chi connectivity index (χ4v) is 2.48. The number of aryl methyl sites for hydroxylation is 1. The number of hydrogen-bond donors (Lipinski definition) is 1. The first-order chi connectivity index (χ1) is 10.1. The zero-order valence-electron chi connectivity index (χ0n) is 12.3. The fraction of sp³-hybridized carbons (Fsp3) is 0.375. The number of benzene rings is 1. The van der Waals surface area contributed by atoms with Crippen LogP contribution in [0.5, 0.6) is 5.88 Å². The Bertz CT molecular complexity index is 638. The average Bonchev–Trinajstić information content (AvgIpc) is 2.91. The lowest BCUT2D eigenvalue weighted by molar-refractivity contribution is 0.102. The summed E-state index contributed by atoms with van der Waals surface area (Å²) in [4.78, 5) is 12.4. The molecule has 1 aromatic heterocycles. The third kappa shape index (κ3) is 2.77. The minimum atomic E-state index is -0.200. The highest BCUT2D eigenvalue weighted by Gasteiger charge is 2.18. The topological polar surface area (TPSA) is 56.2 Å². The lowest BCUT2D eigenvalue weighted by Crippen LogP contribution is -2.16. The van der Waals surface area contributed by atoms with E-state index in [0.29, 0.717) is 24.1 Å². The molecule has 5 nitrogen and oxygen atoms in total. The van der Waals surface area contributed by atoms with Gasteiger partial charge in [0.25, 0.3) is 5.91 Å². The van der Waals surface area contributed by atoms with Crippen LogP contribution >= 0.6 is 0 Å². The number of hydrogen-bond acceptors (Lipinski definition) is 3. The molecule has 1 N–H and O–H groups in total. The van der Waals surface area contributed by atoms with E-state index in [4.69, 9.17) is 4.74 Å². The Labute approximate surface area is 123 Å². The normalized spacial score (nSPS) is 13.7. The molecule has 2 heterocycles. The molecule has 0 aliphatic carbocycles. The number of aromatic nitrogens is 2. The van der Waals surface area contributed by atoms with Crippen molar-refractivity contribution in [1.29, 1.82) is 0 Å². The molecule has 0 unspecified atom stereocenters. The Hall–Kier alpha value is -2.30. The molecular formula is C16H19N3O2. The molecule has 21 heavy (non-hydrogen) atoms. The minimum Gasteiger partial charge on any atom is -0.478 e. The van der Waals surface area contributed by atoms with Crippen molar-refractivity contribution in [2.45, 2.75) is 32.7 Å². The van der Waals surface area contributed by atoms with E-state index in [1.165, 1.54) is 0 Å². The Balaban J connectivity index is 1.82. The number of carbonyl (C=O) groups is 1. The Kier molecular flexibility index (Phi) is 3.64. The summed E-state index contributed by atoms with van der Waals surface area (Å²) in [7, 11) is 0. The van der Waals surface area contributed by atoms with Crippen LogP contribution in [0.1, 0.15) is 42.2 Å². The number of ether oxygens (including phenoxy) is 1. The highest BCUT2D eigenvalue weighted by atomic mass is 16.5. The van der Waals surface area contributed by atoms with Crippen molar-refractivity contribution in [3.05, 3.63) is 41.6 Å². The Morgan fingerprint density at radius 3 is 2.95 bits per heavy atom. The van der Waals surface area contributed by atoms with Crippen molar-refractivity contribution in [2.75, 3.05) is 11.9 Å². The predicted octanol–water partition coefficient (Wildman–Crippen LogP) is 3.04. The molecule has 1 aliphatic heterocycles. The second-order valence-electron chi connectivity index (χ2n) is 5.49. The van der Waals surface area contributed by atoms with Crippen LogP contribution in [-0.2, 0) is 6.54 Å². The van der Waals surface area contributed by atoms with Crippen molar-refractivity contribution in [2.24, 2.45) is 0 Å². The maximum absolute atomic E-state index is 12.4. The molecule has 0 atom stereocenters. The van der Waals surface area contributed by atoms with E-state index < -0.39 is 0 Å². The number of rotatable bonds is 3. The van der Waals surface area contributed by atoms with E-state index in [1.807, 2.05) is 24.3 Å². The summed E-state index contributed by atoms with van der Waals surface area (Å²) < 4.78 is 7.23. The fourth-order valence-electron chi connectivity index (χ4n) is 2.48. The number of nitrogens with zero attached hydrogens (tertiary/aromatic N) is 2. The Morgan fingerprint density at radius 1 is 1.38 bits per heavy atom. The molecule has 0 radical (unpaired) electrons. The number of anilines is 1. The second-order valence-corrected chi connectivity index (χ2v) is 5.49. The molecule has 0 spiro atoms. The number of nitrogens with one attached hydrogen (secondary N) is 1. The monoisotopic (exact) mass is 285 g/mol. The lowest BCUT2D eigenvalue weighted by atomic mass is 10.0. The quantitative estimate of drug-likeness (QED) is 0.943. The first-order valence-electron chi connectivity index (χ1n) is 7.26. The van der Waals surface area contributed by atoms with Crippen molar-refractivity contribution in [3.63, 3.8) is 0 Å². The van der Waals surface area contributed by atoms with Gasteiger partial charge in [0, 0.05) is 24.7 Å². The van der Waals surface area contributed by atoms with Gasteiger partial charge in [-0.1, -0.05) is 32.0 Å². The average molecular weight is 285 g/mol. The minimum absolute atomic E-state index is 0.200. The van der Waals surface area contributed by atoms with Crippen LogP contribution in [-0.4, -0.2) is 22.3 Å². The molecule has 110 valence electrons. The van der Waals surface area contributed by atoms with Crippen molar-refractivity contribution >= 4 is 11.6 Å². The Morgan fingerprint density at radius 2 is 2.19 bits per heavy atom. The number of fused-ring (bicyclic) bond motifs is 1. The van der Waals surface area contributed by atoms with Crippen LogP contribution in [0.25, 0.3) is 0 Å². The van der Waals surface area contributed by atoms with E-state index in [1.54, 1.807) is 10.7 Å². The number of carbonyl (C=O) groups excluding carboxylic acids is 1. The highest BCUT2D eigenvalue weighted by molar-refractivity contribution is 6.03. The second kappa shape index (κ2) is 5.60. The molecule has 0 fully saturated rings. The van der Waals surface area contributed by atoms with Gasteiger partial charge in [-0.05, 0) is 17.5 Å². The van der Waals surface area contributed by atoms with Crippen LogP contribution in [0.2, 0.25) is 0 Å². The van der Waals surface area contributed by atoms with Gasteiger partial charge in [0.05, 0.1) is 6.61 Å². The molecule has 0 bridgehead atoms. The lowest BCUT2D eigenvalue weighted by Gasteiger charge is -2.13. The van der Waals surface area contributed by atoms with Crippen LogP contribution in [0.3, 0.4) is 0 Å². The van der Waals surface area contributed by atoms with E-state index in [0.717, 1.165) is 24.2 Å². The van der Waals surface area contributed by atoms with E-state index in [9.17, 15) is 4.79 Å². The summed E-state index contributed by atoms with van der Waals surface area (Å²) in [6.45, 7) is 5.69. The molecule has 1 aromatic carbocycles. The molecular weight excluding hydrogens is 266 g/mol. The summed E-state index contributed by atoms with van der Waals surface area (Å²) in [6, 6.07) is 9.55. The van der Waals surface area contributed by atoms with Gasteiger partial charge >= 0.3 is 0 Å². The van der Waals surface area contributed by atoms with Crippen LogP contribution < -0.4 is 10.1 Å². The zero-order chi connectivity index (χ0) is 14.8. The predicted molar refractivity (Wildman–Crippen MR) is 80.8 cm³/mol. The maximum Gasteiger partial charge on any atom is 0.276 e. The van der Waals surface area contributed by atoms with Crippen molar-refractivity contribution in [1.82, 2.24) is 9.78 Å². The summed E-state index contributed by atoms with van der Waals surface area (Å²) >= 11 is 0. The summed E-state index contributed by atoms with van der Waals surface area (Å²) in [6.07, 6.45) is 0.923. The standard InChI is InChI=1S/C16H19N3O2/c1-11(2)12-6-3-4-7-13(12)17-16(20)14-10-15-19(18-14)8-5-9-21-15/h3-4,6-7,10-11H,5,8-9H2,1-2H3,(H,17,20). The van der Waals surface area contributed by atoms with Gasteiger partial charge in [0.1, 0.15) is 0 Å². The van der Waals surface area contributed by atoms with Gasteiger partial charge in [0.15, 0.2) is 5.69 Å².